The van der Waals surface area contributed by atoms with Crippen LogP contribution in [-0.2, 0) is 16.1 Å². The Hall–Kier alpha value is -2.83. The molecule has 0 aliphatic heterocycles. The molecule has 7 nitrogen and oxygen atoms in total. The summed E-state index contributed by atoms with van der Waals surface area (Å²) in [7, 11) is 1.35. The number of esters is 1. The quantitative estimate of drug-likeness (QED) is 0.728. The average molecular weight is 300 g/mol. The van der Waals surface area contributed by atoms with Gasteiger partial charge in [-0.2, -0.15) is 5.10 Å². The second-order valence-electron chi connectivity index (χ2n) is 4.86. The number of fused-ring (bicyclic) bond motifs is 1. The number of aromatic nitrogens is 3. The Morgan fingerprint density at radius 3 is 3.00 bits per heavy atom. The maximum absolute atomic E-state index is 11.2. The molecule has 0 bridgehead atoms. The lowest BCUT2D eigenvalue weighted by Gasteiger charge is -2.08. The van der Waals surface area contributed by atoms with E-state index in [4.69, 9.17) is 4.42 Å². The van der Waals surface area contributed by atoms with Gasteiger partial charge < -0.3 is 14.5 Å². The Balaban J connectivity index is 1.71. The molecule has 1 unspecified atom stereocenters. The zero-order chi connectivity index (χ0) is 15.5. The first-order valence-corrected chi connectivity index (χ1v) is 6.88. The third-order valence-corrected chi connectivity index (χ3v) is 3.20. The van der Waals surface area contributed by atoms with E-state index in [-0.39, 0.29) is 18.6 Å². The van der Waals surface area contributed by atoms with Gasteiger partial charge in [0.2, 0.25) is 5.89 Å². The molecule has 0 saturated heterocycles. The molecule has 0 fully saturated rings. The third-order valence-electron chi connectivity index (χ3n) is 3.20. The van der Waals surface area contributed by atoms with Crippen molar-refractivity contribution in [1.29, 1.82) is 0 Å². The summed E-state index contributed by atoms with van der Waals surface area (Å²) in [6.45, 7) is 2.01. The predicted octanol–water partition coefficient (Wildman–Crippen LogP) is 2.37. The molecule has 7 heteroatoms. The van der Waals surface area contributed by atoms with Crippen LogP contribution < -0.4 is 5.32 Å². The minimum absolute atomic E-state index is 0.0788. The van der Waals surface area contributed by atoms with Crippen LogP contribution in [-0.4, -0.2) is 27.8 Å². The monoisotopic (exact) mass is 300 g/mol. The van der Waals surface area contributed by atoms with E-state index in [1.54, 1.807) is 12.3 Å². The van der Waals surface area contributed by atoms with Crippen LogP contribution in [0, 0.1) is 0 Å². The topological polar surface area (TPSA) is 82.2 Å². The summed E-state index contributed by atoms with van der Waals surface area (Å²) in [5.41, 5.74) is 1.57. The summed E-state index contributed by atoms with van der Waals surface area (Å²) >= 11 is 0. The number of carbonyl (C=O) groups excluding carboxylic acids is 1. The van der Waals surface area contributed by atoms with E-state index >= 15 is 0 Å². The molecule has 114 valence electrons. The highest BCUT2D eigenvalue weighted by Crippen LogP contribution is 2.22. The van der Waals surface area contributed by atoms with Crippen LogP contribution in [0.15, 0.2) is 40.9 Å². The van der Waals surface area contributed by atoms with Crippen molar-refractivity contribution in [2.75, 3.05) is 12.4 Å². The second kappa shape index (κ2) is 5.88. The van der Waals surface area contributed by atoms with Crippen molar-refractivity contribution in [2.45, 2.75) is 19.5 Å². The number of oxazole rings is 1. The van der Waals surface area contributed by atoms with Gasteiger partial charge >= 0.3 is 5.97 Å². The molecule has 0 saturated carbocycles. The first kappa shape index (κ1) is 14.1. The Morgan fingerprint density at radius 2 is 2.23 bits per heavy atom. The van der Waals surface area contributed by atoms with Crippen molar-refractivity contribution < 1.29 is 13.9 Å². The number of hydrogen-bond acceptors (Lipinski definition) is 6. The van der Waals surface area contributed by atoms with Gasteiger partial charge in [-0.3, -0.25) is 9.48 Å². The van der Waals surface area contributed by atoms with E-state index in [1.807, 2.05) is 31.2 Å². The Kier molecular flexibility index (Phi) is 3.78. The molecule has 0 amide bonds. The maximum atomic E-state index is 11.2. The molecule has 1 aromatic carbocycles. The zero-order valence-electron chi connectivity index (χ0n) is 12.3. The van der Waals surface area contributed by atoms with Crippen LogP contribution in [0.1, 0.15) is 18.9 Å². The number of methoxy groups -OCH3 is 1. The second-order valence-corrected chi connectivity index (χ2v) is 4.86. The van der Waals surface area contributed by atoms with Crippen LogP contribution in [0.4, 0.5) is 5.82 Å². The van der Waals surface area contributed by atoms with Gasteiger partial charge in [-0.1, -0.05) is 12.1 Å². The van der Waals surface area contributed by atoms with Crippen molar-refractivity contribution in [1.82, 2.24) is 14.8 Å². The fraction of sp³-hybridized carbons (Fsp3) is 0.267. The maximum Gasteiger partial charge on any atom is 0.327 e. The SMILES string of the molecule is COC(=O)Cn1ccc(NC(C)c2nc3ccccc3o2)n1. The largest absolute Gasteiger partial charge is 0.468 e. The number of carbonyl (C=O) groups is 1. The fourth-order valence-corrected chi connectivity index (χ4v) is 2.08. The van der Waals surface area contributed by atoms with E-state index < -0.39 is 0 Å². The zero-order valence-corrected chi connectivity index (χ0v) is 12.3. The standard InChI is InChI=1S/C15H16N4O3/c1-10(15-17-11-5-3-4-6-12(11)22-15)16-13-7-8-19(18-13)9-14(20)21-2/h3-8,10H,9H2,1-2H3,(H,16,18). The minimum Gasteiger partial charge on any atom is -0.468 e. The molecular weight excluding hydrogens is 284 g/mol. The average Bonchev–Trinajstić information content (AvgIpc) is 3.13. The highest BCUT2D eigenvalue weighted by atomic mass is 16.5. The highest BCUT2D eigenvalue weighted by molar-refractivity contribution is 5.72. The molecule has 0 spiro atoms. The summed E-state index contributed by atoms with van der Waals surface area (Å²) in [6.07, 6.45) is 1.71. The summed E-state index contributed by atoms with van der Waals surface area (Å²) in [5, 5.41) is 7.44. The van der Waals surface area contributed by atoms with Gasteiger partial charge in [0.15, 0.2) is 5.58 Å². The Bertz CT molecular complexity index is 760. The van der Waals surface area contributed by atoms with E-state index in [1.165, 1.54) is 11.8 Å². The third kappa shape index (κ3) is 2.93. The number of hydrogen-bond donors (Lipinski definition) is 1. The van der Waals surface area contributed by atoms with Crippen LogP contribution in [0.2, 0.25) is 0 Å². The molecule has 0 radical (unpaired) electrons. The molecule has 3 rings (SSSR count). The van der Waals surface area contributed by atoms with Gasteiger partial charge in [-0.05, 0) is 19.1 Å². The summed E-state index contributed by atoms with van der Waals surface area (Å²) < 4.78 is 11.8. The van der Waals surface area contributed by atoms with Gasteiger partial charge in [0, 0.05) is 12.3 Å². The number of benzene rings is 1. The van der Waals surface area contributed by atoms with Crippen molar-refractivity contribution in [2.24, 2.45) is 0 Å². The Labute approximate surface area is 126 Å². The normalized spacial score (nSPS) is 12.3. The minimum atomic E-state index is -0.346. The van der Waals surface area contributed by atoms with E-state index in [9.17, 15) is 4.79 Å². The molecule has 0 aliphatic carbocycles. The van der Waals surface area contributed by atoms with Gasteiger partial charge in [0.25, 0.3) is 0 Å². The van der Waals surface area contributed by atoms with Crippen molar-refractivity contribution in [3.63, 3.8) is 0 Å². The van der Waals surface area contributed by atoms with E-state index in [2.05, 4.69) is 20.1 Å². The molecule has 2 heterocycles. The lowest BCUT2D eigenvalue weighted by Crippen LogP contribution is -2.13. The van der Waals surface area contributed by atoms with Crippen LogP contribution in [0.5, 0.6) is 0 Å². The molecule has 3 aromatic rings. The molecule has 0 aliphatic rings. The van der Waals surface area contributed by atoms with Crippen LogP contribution in [0.3, 0.4) is 0 Å². The molecular formula is C15H16N4O3. The van der Waals surface area contributed by atoms with Crippen molar-refractivity contribution in [3.8, 4) is 0 Å². The van der Waals surface area contributed by atoms with E-state index in [0.717, 1.165) is 11.1 Å². The van der Waals surface area contributed by atoms with Crippen molar-refractivity contribution >= 4 is 22.9 Å². The predicted molar refractivity (Wildman–Crippen MR) is 80.3 cm³/mol. The number of rotatable bonds is 5. The number of nitrogens with one attached hydrogen (secondary N) is 1. The van der Waals surface area contributed by atoms with Gasteiger partial charge in [0.05, 0.1) is 7.11 Å². The number of para-hydroxylation sites is 2. The fourth-order valence-electron chi connectivity index (χ4n) is 2.08. The number of ether oxygens (including phenoxy) is 1. The van der Waals surface area contributed by atoms with Crippen LogP contribution in [0.25, 0.3) is 11.1 Å². The lowest BCUT2D eigenvalue weighted by atomic mass is 10.3. The molecule has 1 N–H and O–H groups in total. The van der Waals surface area contributed by atoms with E-state index in [0.29, 0.717) is 11.7 Å². The van der Waals surface area contributed by atoms with Crippen LogP contribution >= 0.6 is 0 Å². The molecule has 2 aromatic heterocycles. The number of anilines is 1. The highest BCUT2D eigenvalue weighted by Gasteiger charge is 2.14. The lowest BCUT2D eigenvalue weighted by molar-refractivity contribution is -0.141. The first-order chi connectivity index (χ1) is 10.7. The first-order valence-electron chi connectivity index (χ1n) is 6.88. The van der Waals surface area contributed by atoms with Gasteiger partial charge in [0.1, 0.15) is 23.9 Å². The summed E-state index contributed by atoms with van der Waals surface area (Å²) in [5.74, 6) is 0.879. The van der Waals surface area contributed by atoms with Gasteiger partial charge in [-0.25, -0.2) is 4.98 Å². The van der Waals surface area contributed by atoms with Gasteiger partial charge in [-0.15, -0.1) is 0 Å². The summed E-state index contributed by atoms with van der Waals surface area (Å²) in [4.78, 5) is 15.6. The molecule has 22 heavy (non-hydrogen) atoms. The smallest absolute Gasteiger partial charge is 0.327 e. The Morgan fingerprint density at radius 1 is 1.41 bits per heavy atom. The molecule has 1 atom stereocenters. The number of nitrogens with zero attached hydrogens (tertiary/aromatic N) is 3. The summed E-state index contributed by atoms with van der Waals surface area (Å²) in [6, 6.07) is 9.24. The van der Waals surface area contributed by atoms with Crippen molar-refractivity contribution in [3.05, 3.63) is 42.4 Å².